The van der Waals surface area contributed by atoms with Gasteiger partial charge in [0, 0.05) is 6.54 Å². The second kappa shape index (κ2) is 6.13. The summed E-state index contributed by atoms with van der Waals surface area (Å²) in [6, 6.07) is -2.04. The topological polar surface area (TPSA) is 125 Å². The molecule has 2 aliphatic rings. The summed E-state index contributed by atoms with van der Waals surface area (Å²) in [5, 5.41) is 0.593. The van der Waals surface area contributed by atoms with Gasteiger partial charge in [0.05, 0.1) is 12.6 Å². The molecular formula is C10H17N3O7S. The van der Waals surface area contributed by atoms with Crippen molar-refractivity contribution < 1.29 is 31.7 Å². The van der Waals surface area contributed by atoms with E-state index in [4.69, 9.17) is 9.39 Å². The third-order valence-corrected chi connectivity index (χ3v) is 3.63. The second-order valence-corrected chi connectivity index (χ2v) is 5.83. The summed E-state index contributed by atoms with van der Waals surface area (Å²) in [6.45, 7) is 2.39. The van der Waals surface area contributed by atoms with Crippen molar-refractivity contribution in [1.82, 2.24) is 15.4 Å². The molecule has 3 amide bonds. The van der Waals surface area contributed by atoms with E-state index in [0.717, 1.165) is 6.42 Å². The van der Waals surface area contributed by atoms with Crippen LogP contribution in [0.1, 0.15) is 26.2 Å². The standard InChI is InChI=1S/C10H17N3O7S/c1-2-5-19-11-9(14)8-4-3-7-6-12(8)10(15)13(7)20-21(16,17)18/h7-8H,2-6H2,1H3,(H,11,14)(H,16,17,18)/t7?,8-/m0/s1. The van der Waals surface area contributed by atoms with Gasteiger partial charge >= 0.3 is 16.4 Å². The lowest BCUT2D eigenvalue weighted by Crippen LogP contribution is -2.49. The van der Waals surface area contributed by atoms with Crippen LogP contribution in [0, 0.1) is 0 Å². The van der Waals surface area contributed by atoms with Gasteiger partial charge in [-0.25, -0.2) is 10.3 Å². The third kappa shape index (κ3) is 3.61. The number of fused-ring (bicyclic) bond motifs is 2. The van der Waals surface area contributed by atoms with Gasteiger partial charge in [-0.15, -0.1) is 4.28 Å². The molecule has 0 saturated carbocycles. The van der Waals surface area contributed by atoms with Crippen LogP contribution in [0.25, 0.3) is 0 Å². The molecule has 0 aromatic rings. The molecule has 2 fully saturated rings. The van der Waals surface area contributed by atoms with Crippen LogP contribution >= 0.6 is 0 Å². The minimum absolute atomic E-state index is 0.153. The number of piperidine rings is 1. The number of nitrogens with one attached hydrogen (secondary N) is 1. The summed E-state index contributed by atoms with van der Waals surface area (Å²) in [7, 11) is -4.78. The number of amides is 3. The van der Waals surface area contributed by atoms with E-state index in [1.54, 1.807) is 0 Å². The Labute approximate surface area is 121 Å². The lowest BCUT2D eigenvalue weighted by Gasteiger charge is -2.28. The van der Waals surface area contributed by atoms with E-state index in [-0.39, 0.29) is 6.54 Å². The monoisotopic (exact) mass is 323 g/mol. The molecule has 0 aliphatic carbocycles. The Morgan fingerprint density at radius 3 is 2.81 bits per heavy atom. The molecule has 2 heterocycles. The lowest BCUT2D eigenvalue weighted by molar-refractivity contribution is -0.138. The molecule has 2 saturated heterocycles. The first-order valence-corrected chi connectivity index (χ1v) is 7.88. The van der Waals surface area contributed by atoms with Gasteiger partial charge in [0.25, 0.3) is 5.91 Å². The van der Waals surface area contributed by atoms with Gasteiger partial charge < -0.3 is 4.90 Å². The van der Waals surface area contributed by atoms with E-state index in [1.807, 2.05) is 6.92 Å². The fourth-order valence-corrected chi connectivity index (χ4v) is 2.78. The highest BCUT2D eigenvalue weighted by Gasteiger charge is 2.49. The molecule has 2 bridgehead atoms. The Kier molecular flexibility index (Phi) is 4.66. The summed E-state index contributed by atoms with van der Waals surface area (Å²) in [6.07, 6.45) is 1.46. The van der Waals surface area contributed by atoms with Crippen LogP contribution in [0.15, 0.2) is 0 Å². The lowest BCUT2D eigenvalue weighted by atomic mass is 10.0. The van der Waals surface area contributed by atoms with Gasteiger partial charge in [0.15, 0.2) is 0 Å². The smallest absolute Gasteiger partial charge is 0.309 e. The van der Waals surface area contributed by atoms with E-state index in [0.29, 0.717) is 24.5 Å². The third-order valence-electron chi connectivity index (χ3n) is 3.28. The predicted octanol–water partition coefficient (Wildman–Crippen LogP) is -0.553. The number of hydrogen-bond donors (Lipinski definition) is 2. The first kappa shape index (κ1) is 15.9. The molecule has 21 heavy (non-hydrogen) atoms. The minimum Gasteiger partial charge on any atom is -0.309 e. The predicted molar refractivity (Wildman–Crippen MR) is 67.8 cm³/mol. The van der Waals surface area contributed by atoms with Crippen molar-refractivity contribution in [2.75, 3.05) is 13.2 Å². The van der Waals surface area contributed by atoms with E-state index >= 15 is 0 Å². The van der Waals surface area contributed by atoms with Gasteiger partial charge in [0.1, 0.15) is 6.04 Å². The van der Waals surface area contributed by atoms with Gasteiger partial charge in [-0.05, 0) is 19.3 Å². The molecule has 0 aromatic carbocycles. The molecule has 2 rings (SSSR count). The fourth-order valence-electron chi connectivity index (χ4n) is 2.40. The highest BCUT2D eigenvalue weighted by molar-refractivity contribution is 7.80. The molecule has 2 N–H and O–H groups in total. The van der Waals surface area contributed by atoms with Crippen LogP contribution in [0.4, 0.5) is 4.79 Å². The van der Waals surface area contributed by atoms with Crippen LogP contribution in [0.3, 0.4) is 0 Å². The number of hydroxylamine groups is 3. The summed E-state index contributed by atoms with van der Waals surface area (Å²) >= 11 is 0. The molecular weight excluding hydrogens is 306 g/mol. The number of rotatable bonds is 6. The first-order valence-electron chi connectivity index (χ1n) is 6.52. The van der Waals surface area contributed by atoms with Gasteiger partial charge in [0.2, 0.25) is 0 Å². The fraction of sp³-hybridized carbons (Fsp3) is 0.800. The van der Waals surface area contributed by atoms with Crippen molar-refractivity contribution in [2.24, 2.45) is 0 Å². The average Bonchev–Trinajstić information content (AvgIpc) is 2.63. The zero-order valence-corrected chi connectivity index (χ0v) is 12.2. The molecule has 1 unspecified atom stereocenters. The number of nitrogens with zero attached hydrogens (tertiary/aromatic N) is 2. The highest BCUT2D eigenvalue weighted by atomic mass is 32.3. The molecule has 10 nitrogen and oxygen atoms in total. The maximum absolute atomic E-state index is 12.0. The van der Waals surface area contributed by atoms with E-state index in [2.05, 4.69) is 9.76 Å². The SMILES string of the molecule is CCCONC(=O)[C@@H]1CCC2CN1C(=O)N2OS(=O)(=O)O. The minimum atomic E-state index is -4.78. The Bertz CT molecular complexity index is 523. The maximum atomic E-state index is 12.0. The molecule has 120 valence electrons. The first-order chi connectivity index (χ1) is 9.83. The Morgan fingerprint density at radius 1 is 1.48 bits per heavy atom. The van der Waals surface area contributed by atoms with Crippen molar-refractivity contribution in [3.05, 3.63) is 0 Å². The zero-order valence-electron chi connectivity index (χ0n) is 11.4. The maximum Gasteiger partial charge on any atom is 0.418 e. The summed E-state index contributed by atoms with van der Waals surface area (Å²) < 4.78 is 34.4. The van der Waals surface area contributed by atoms with E-state index < -0.39 is 34.4 Å². The summed E-state index contributed by atoms with van der Waals surface area (Å²) in [4.78, 5) is 30.1. The number of urea groups is 1. The second-order valence-electron chi connectivity index (χ2n) is 4.82. The number of carbonyl (C=O) groups excluding carboxylic acids is 2. The Morgan fingerprint density at radius 2 is 2.19 bits per heavy atom. The van der Waals surface area contributed by atoms with Crippen LogP contribution in [0.5, 0.6) is 0 Å². The van der Waals surface area contributed by atoms with Crippen LogP contribution in [0.2, 0.25) is 0 Å². The van der Waals surface area contributed by atoms with Crippen molar-refractivity contribution in [3.63, 3.8) is 0 Å². The molecule has 2 atom stereocenters. The summed E-state index contributed by atoms with van der Waals surface area (Å²) in [5.41, 5.74) is 2.26. The number of carbonyl (C=O) groups is 2. The summed E-state index contributed by atoms with van der Waals surface area (Å²) in [5.74, 6) is -0.469. The van der Waals surface area contributed by atoms with Crippen LogP contribution in [-0.2, 0) is 24.3 Å². The number of hydrogen-bond acceptors (Lipinski definition) is 6. The van der Waals surface area contributed by atoms with Crippen LogP contribution < -0.4 is 5.48 Å². The molecule has 11 heteroatoms. The molecule has 0 aromatic heterocycles. The Hall–Kier alpha value is -1.43. The molecule has 0 spiro atoms. The van der Waals surface area contributed by atoms with Gasteiger partial charge in [-0.2, -0.15) is 13.5 Å². The highest BCUT2D eigenvalue weighted by Crippen LogP contribution is 2.30. The van der Waals surface area contributed by atoms with Crippen molar-refractivity contribution >= 4 is 22.3 Å². The largest absolute Gasteiger partial charge is 0.418 e. The average molecular weight is 323 g/mol. The van der Waals surface area contributed by atoms with Crippen LogP contribution in [-0.4, -0.2) is 60.1 Å². The van der Waals surface area contributed by atoms with Crippen molar-refractivity contribution in [2.45, 2.75) is 38.3 Å². The van der Waals surface area contributed by atoms with E-state index in [1.165, 1.54) is 4.90 Å². The van der Waals surface area contributed by atoms with Crippen molar-refractivity contribution in [1.29, 1.82) is 0 Å². The zero-order chi connectivity index (χ0) is 15.6. The van der Waals surface area contributed by atoms with Gasteiger partial charge in [-0.1, -0.05) is 6.92 Å². The molecule has 2 aliphatic heterocycles. The van der Waals surface area contributed by atoms with E-state index in [9.17, 15) is 18.0 Å². The normalized spacial score (nSPS) is 25.3. The quantitative estimate of drug-likeness (QED) is 0.381. The van der Waals surface area contributed by atoms with Crippen molar-refractivity contribution in [3.8, 4) is 0 Å². The van der Waals surface area contributed by atoms with Gasteiger partial charge in [-0.3, -0.25) is 14.2 Å². The Balaban J connectivity index is 2.01. The molecule has 0 radical (unpaired) electrons.